The van der Waals surface area contributed by atoms with Crippen LogP contribution in [-0.2, 0) is 0 Å². The summed E-state index contributed by atoms with van der Waals surface area (Å²) in [5.74, 6) is 0. The van der Waals surface area contributed by atoms with E-state index in [4.69, 9.17) is 0 Å². The lowest BCUT2D eigenvalue weighted by Crippen LogP contribution is -1.94. The summed E-state index contributed by atoms with van der Waals surface area (Å²) < 4.78 is 0. The van der Waals surface area contributed by atoms with Crippen LogP contribution in [0.5, 0.6) is 0 Å². The molecule has 0 aliphatic carbocycles. The maximum atomic E-state index is 3.32. The van der Waals surface area contributed by atoms with Crippen LogP contribution in [0.15, 0.2) is 18.2 Å². The quantitative estimate of drug-likeness (QED) is 0.589. The van der Waals surface area contributed by atoms with Crippen LogP contribution >= 0.6 is 15.9 Å². The molecule has 0 aromatic heterocycles. The van der Waals surface area contributed by atoms with Gasteiger partial charge in [0.15, 0.2) is 0 Å². The molecule has 0 atom stereocenters. The third kappa shape index (κ3) is 2.22. The highest BCUT2D eigenvalue weighted by Crippen LogP contribution is 2.13. The number of anilines is 1. The summed E-state index contributed by atoms with van der Waals surface area (Å²) in [6.07, 6.45) is 0. The van der Waals surface area contributed by atoms with E-state index in [2.05, 4.69) is 53.3 Å². The minimum absolute atomic E-state index is 0.801. The minimum atomic E-state index is 0.801. The number of rotatable bonds is 2. The van der Waals surface area contributed by atoms with Crippen molar-refractivity contribution in [2.45, 2.75) is 13.8 Å². The van der Waals surface area contributed by atoms with Gasteiger partial charge in [-0.25, -0.2) is 0 Å². The summed E-state index contributed by atoms with van der Waals surface area (Å²) in [4.78, 5) is 0. The van der Waals surface area contributed by atoms with Gasteiger partial charge in [0.25, 0.3) is 0 Å². The Kier molecular flexibility index (Phi) is 2.94. The van der Waals surface area contributed by atoms with E-state index in [1.165, 1.54) is 16.8 Å². The normalized spacial score (nSPS) is 9.73. The van der Waals surface area contributed by atoms with Crippen LogP contribution in [0.3, 0.4) is 0 Å². The number of halogens is 1. The molecule has 0 aliphatic rings. The smallest absolute Gasteiger partial charge is 0.0707 e. The van der Waals surface area contributed by atoms with Gasteiger partial charge in [0.1, 0.15) is 0 Å². The van der Waals surface area contributed by atoms with Gasteiger partial charge in [-0.15, -0.1) is 0 Å². The Bertz CT molecular complexity index is 245. The molecule has 0 fully saturated rings. The van der Waals surface area contributed by atoms with Crippen LogP contribution in [0.25, 0.3) is 0 Å². The average Bonchev–Trinajstić information content (AvgIpc) is 1.98. The molecule has 1 N–H and O–H groups in total. The molecular formula is C9H12BrN. The number of alkyl halides is 1. The highest BCUT2D eigenvalue weighted by molar-refractivity contribution is 9.09. The van der Waals surface area contributed by atoms with E-state index in [0.717, 1.165) is 5.45 Å². The molecule has 0 amide bonds. The maximum absolute atomic E-state index is 3.32. The molecule has 1 aromatic carbocycles. The van der Waals surface area contributed by atoms with Crippen molar-refractivity contribution in [1.82, 2.24) is 0 Å². The predicted octanol–water partition coefficient (Wildman–Crippen LogP) is 3.07. The largest absolute Gasteiger partial charge is 0.375 e. The van der Waals surface area contributed by atoms with E-state index in [1.54, 1.807) is 0 Å². The zero-order valence-electron chi connectivity index (χ0n) is 6.82. The zero-order chi connectivity index (χ0) is 8.27. The van der Waals surface area contributed by atoms with E-state index in [9.17, 15) is 0 Å². The third-order valence-electron chi connectivity index (χ3n) is 1.78. The van der Waals surface area contributed by atoms with Crippen LogP contribution in [0, 0.1) is 13.8 Å². The van der Waals surface area contributed by atoms with Crippen LogP contribution in [0.1, 0.15) is 11.1 Å². The first-order valence-electron chi connectivity index (χ1n) is 3.61. The molecule has 1 nitrogen and oxygen atoms in total. The Morgan fingerprint density at radius 3 is 2.55 bits per heavy atom. The van der Waals surface area contributed by atoms with Gasteiger partial charge in [0.2, 0.25) is 0 Å². The molecule has 0 saturated carbocycles. The van der Waals surface area contributed by atoms with Crippen molar-refractivity contribution in [3.8, 4) is 0 Å². The van der Waals surface area contributed by atoms with Crippen LogP contribution in [0.4, 0.5) is 5.69 Å². The summed E-state index contributed by atoms with van der Waals surface area (Å²) >= 11 is 3.32. The fourth-order valence-electron chi connectivity index (χ4n) is 0.929. The first-order valence-corrected chi connectivity index (χ1v) is 4.73. The van der Waals surface area contributed by atoms with Crippen molar-refractivity contribution in [3.63, 3.8) is 0 Å². The standard InChI is InChI=1S/C9H12BrN/c1-7-3-4-9(11-6-10)5-8(7)2/h3-5,11H,6H2,1-2H3. The first-order chi connectivity index (χ1) is 5.24. The molecule has 0 aliphatic heterocycles. The van der Waals surface area contributed by atoms with Gasteiger partial charge in [0.05, 0.1) is 5.45 Å². The fraction of sp³-hybridized carbons (Fsp3) is 0.333. The van der Waals surface area contributed by atoms with Gasteiger partial charge in [-0.1, -0.05) is 22.0 Å². The van der Waals surface area contributed by atoms with E-state index in [1.807, 2.05) is 0 Å². The number of aryl methyl sites for hydroxylation is 2. The van der Waals surface area contributed by atoms with Crippen molar-refractivity contribution in [3.05, 3.63) is 29.3 Å². The van der Waals surface area contributed by atoms with Gasteiger partial charge < -0.3 is 5.32 Å². The Morgan fingerprint density at radius 2 is 2.00 bits per heavy atom. The molecule has 60 valence electrons. The molecule has 2 heteroatoms. The van der Waals surface area contributed by atoms with Crippen LogP contribution in [0.2, 0.25) is 0 Å². The Morgan fingerprint density at radius 1 is 1.27 bits per heavy atom. The SMILES string of the molecule is Cc1ccc(NCBr)cc1C. The first kappa shape index (κ1) is 8.60. The molecule has 1 rings (SSSR count). The van der Waals surface area contributed by atoms with E-state index in [-0.39, 0.29) is 0 Å². The lowest BCUT2D eigenvalue weighted by molar-refractivity contribution is 1.33. The van der Waals surface area contributed by atoms with Crippen molar-refractivity contribution < 1.29 is 0 Å². The molecule has 11 heavy (non-hydrogen) atoms. The van der Waals surface area contributed by atoms with Crippen molar-refractivity contribution in [2.75, 3.05) is 10.8 Å². The zero-order valence-corrected chi connectivity index (χ0v) is 8.40. The summed E-state index contributed by atoms with van der Waals surface area (Å²) in [6.45, 7) is 4.24. The van der Waals surface area contributed by atoms with Crippen LogP contribution < -0.4 is 5.32 Å². The Hall–Kier alpha value is -0.500. The van der Waals surface area contributed by atoms with Gasteiger partial charge in [0, 0.05) is 5.69 Å². The van der Waals surface area contributed by atoms with Crippen LogP contribution in [-0.4, -0.2) is 5.45 Å². The third-order valence-corrected chi connectivity index (χ3v) is 2.06. The molecule has 0 bridgehead atoms. The summed E-state index contributed by atoms with van der Waals surface area (Å²) in [5.41, 5.74) is 4.64. The average molecular weight is 214 g/mol. The molecule has 0 saturated heterocycles. The molecular weight excluding hydrogens is 202 g/mol. The molecule has 0 spiro atoms. The molecule has 0 heterocycles. The number of hydrogen-bond acceptors (Lipinski definition) is 1. The van der Waals surface area contributed by atoms with Crippen molar-refractivity contribution in [2.24, 2.45) is 0 Å². The van der Waals surface area contributed by atoms with Gasteiger partial charge >= 0.3 is 0 Å². The van der Waals surface area contributed by atoms with Gasteiger partial charge in [-0.3, -0.25) is 0 Å². The summed E-state index contributed by atoms with van der Waals surface area (Å²) in [7, 11) is 0. The van der Waals surface area contributed by atoms with E-state index >= 15 is 0 Å². The summed E-state index contributed by atoms with van der Waals surface area (Å²) in [6, 6.07) is 6.36. The highest BCUT2D eigenvalue weighted by Gasteiger charge is 1.93. The second-order valence-electron chi connectivity index (χ2n) is 2.61. The van der Waals surface area contributed by atoms with Crippen molar-refractivity contribution >= 4 is 21.6 Å². The second-order valence-corrected chi connectivity index (χ2v) is 3.17. The fourth-order valence-corrected chi connectivity index (χ4v) is 1.25. The number of hydrogen-bond donors (Lipinski definition) is 1. The summed E-state index contributed by atoms with van der Waals surface area (Å²) in [5, 5.41) is 3.19. The lowest BCUT2D eigenvalue weighted by Gasteiger charge is -2.04. The van der Waals surface area contributed by atoms with Gasteiger partial charge in [-0.2, -0.15) is 0 Å². The Labute approximate surface area is 75.9 Å². The molecule has 0 unspecified atom stereocenters. The topological polar surface area (TPSA) is 12.0 Å². The lowest BCUT2D eigenvalue weighted by atomic mass is 10.1. The van der Waals surface area contributed by atoms with Gasteiger partial charge in [-0.05, 0) is 37.1 Å². The Balaban J connectivity index is 2.86. The molecule has 0 radical (unpaired) electrons. The number of benzene rings is 1. The maximum Gasteiger partial charge on any atom is 0.0707 e. The molecule has 1 aromatic rings. The van der Waals surface area contributed by atoms with E-state index in [0.29, 0.717) is 0 Å². The van der Waals surface area contributed by atoms with Crippen molar-refractivity contribution in [1.29, 1.82) is 0 Å². The minimum Gasteiger partial charge on any atom is -0.375 e. The monoisotopic (exact) mass is 213 g/mol. The van der Waals surface area contributed by atoms with E-state index < -0.39 is 0 Å². The predicted molar refractivity (Wildman–Crippen MR) is 53.3 cm³/mol. The second kappa shape index (κ2) is 3.77. The number of nitrogens with one attached hydrogen (secondary N) is 1. The highest BCUT2D eigenvalue weighted by atomic mass is 79.9.